The highest BCUT2D eigenvalue weighted by atomic mass is 16.5. The van der Waals surface area contributed by atoms with Gasteiger partial charge in [0.15, 0.2) is 0 Å². The summed E-state index contributed by atoms with van der Waals surface area (Å²) in [6.07, 6.45) is 3.56. The molecule has 4 aromatic rings. The lowest BCUT2D eigenvalue weighted by Crippen LogP contribution is -2.36. The van der Waals surface area contributed by atoms with E-state index in [0.717, 1.165) is 57.9 Å². The molecule has 7 nitrogen and oxygen atoms in total. The Bertz CT molecular complexity index is 1150. The first-order valence-electron chi connectivity index (χ1n) is 10.2. The van der Waals surface area contributed by atoms with Crippen molar-refractivity contribution in [3.8, 4) is 22.5 Å². The van der Waals surface area contributed by atoms with Crippen LogP contribution in [0.4, 0.5) is 5.82 Å². The molecule has 0 radical (unpaired) electrons. The van der Waals surface area contributed by atoms with E-state index in [4.69, 9.17) is 15.5 Å². The van der Waals surface area contributed by atoms with E-state index < -0.39 is 0 Å². The van der Waals surface area contributed by atoms with E-state index in [2.05, 4.69) is 50.4 Å². The van der Waals surface area contributed by atoms with Crippen LogP contribution in [0.2, 0.25) is 0 Å². The Hall–Kier alpha value is -3.29. The molecule has 7 heteroatoms. The molecule has 0 saturated carbocycles. The standard InChI is InChI=1S/C23H24N6O/c1-15(24)16-2-4-17(5-3-16)19-14-21(29-10-12-30-13-11-29)27-22-18(19)6-8-25-23(22)20-7-9-26-28-20/h2-9,14-15H,10-13,24H2,1H3,(H,26,28). The summed E-state index contributed by atoms with van der Waals surface area (Å²) in [5, 5.41) is 8.17. The summed E-state index contributed by atoms with van der Waals surface area (Å²) >= 11 is 0. The first-order chi connectivity index (χ1) is 14.7. The summed E-state index contributed by atoms with van der Waals surface area (Å²) < 4.78 is 5.53. The average molecular weight is 400 g/mol. The van der Waals surface area contributed by atoms with Crippen LogP contribution in [0.5, 0.6) is 0 Å². The molecule has 1 aromatic carbocycles. The normalized spacial score (nSPS) is 15.5. The van der Waals surface area contributed by atoms with Crippen LogP contribution in [-0.4, -0.2) is 46.5 Å². The maximum atomic E-state index is 6.04. The largest absolute Gasteiger partial charge is 0.378 e. The number of H-pyrrole nitrogens is 1. The second-order valence-corrected chi connectivity index (χ2v) is 7.56. The van der Waals surface area contributed by atoms with Crippen LogP contribution in [0.25, 0.3) is 33.4 Å². The Balaban J connectivity index is 1.72. The number of rotatable bonds is 4. The number of hydrogen-bond acceptors (Lipinski definition) is 6. The third-order valence-corrected chi connectivity index (χ3v) is 5.55. The maximum absolute atomic E-state index is 6.04. The molecule has 30 heavy (non-hydrogen) atoms. The Morgan fingerprint density at radius 3 is 2.57 bits per heavy atom. The molecular weight excluding hydrogens is 376 g/mol. The van der Waals surface area contributed by atoms with Gasteiger partial charge in [0.05, 0.1) is 18.9 Å². The molecule has 1 unspecified atom stereocenters. The number of aromatic amines is 1. The lowest BCUT2D eigenvalue weighted by molar-refractivity contribution is 0.122. The highest BCUT2D eigenvalue weighted by Crippen LogP contribution is 2.35. The summed E-state index contributed by atoms with van der Waals surface area (Å²) in [5.74, 6) is 0.936. The minimum atomic E-state index is 0.00771. The molecule has 1 aliphatic heterocycles. The van der Waals surface area contributed by atoms with Gasteiger partial charge in [-0.3, -0.25) is 10.1 Å². The van der Waals surface area contributed by atoms with Gasteiger partial charge in [0, 0.05) is 36.9 Å². The van der Waals surface area contributed by atoms with E-state index in [1.807, 2.05) is 25.3 Å². The van der Waals surface area contributed by atoms with Gasteiger partial charge in [0.1, 0.15) is 17.0 Å². The second kappa shape index (κ2) is 7.85. The van der Waals surface area contributed by atoms with Crippen molar-refractivity contribution < 1.29 is 4.74 Å². The number of benzene rings is 1. The highest BCUT2D eigenvalue weighted by molar-refractivity contribution is 6.01. The monoisotopic (exact) mass is 400 g/mol. The van der Waals surface area contributed by atoms with Gasteiger partial charge in [-0.25, -0.2) is 4.98 Å². The molecule has 4 heterocycles. The predicted molar refractivity (Wildman–Crippen MR) is 118 cm³/mol. The first kappa shape index (κ1) is 18.7. The van der Waals surface area contributed by atoms with Gasteiger partial charge in [-0.15, -0.1) is 0 Å². The molecule has 0 amide bonds. The summed E-state index contributed by atoms with van der Waals surface area (Å²) in [6.45, 7) is 5.05. The van der Waals surface area contributed by atoms with E-state index in [-0.39, 0.29) is 6.04 Å². The fourth-order valence-corrected chi connectivity index (χ4v) is 3.88. The quantitative estimate of drug-likeness (QED) is 0.544. The predicted octanol–water partition coefficient (Wildman–Crippen LogP) is 3.54. The van der Waals surface area contributed by atoms with Gasteiger partial charge in [-0.1, -0.05) is 24.3 Å². The summed E-state index contributed by atoms with van der Waals surface area (Å²) in [5.41, 5.74) is 11.9. The number of fused-ring (bicyclic) bond motifs is 1. The minimum Gasteiger partial charge on any atom is -0.378 e. The van der Waals surface area contributed by atoms with Gasteiger partial charge in [-0.2, -0.15) is 5.10 Å². The summed E-state index contributed by atoms with van der Waals surface area (Å²) in [6, 6.07) is 14.6. The molecule has 3 N–H and O–H groups in total. The van der Waals surface area contributed by atoms with Crippen molar-refractivity contribution in [3.05, 3.63) is 60.4 Å². The van der Waals surface area contributed by atoms with E-state index in [9.17, 15) is 0 Å². The number of nitrogens with one attached hydrogen (secondary N) is 1. The summed E-state index contributed by atoms with van der Waals surface area (Å²) in [7, 11) is 0. The van der Waals surface area contributed by atoms with Crippen molar-refractivity contribution in [2.45, 2.75) is 13.0 Å². The van der Waals surface area contributed by atoms with Gasteiger partial charge in [-0.05, 0) is 41.8 Å². The SMILES string of the molecule is CC(N)c1ccc(-c2cc(N3CCOCC3)nc3c(-c4ccn[nH]4)nccc23)cc1. The average Bonchev–Trinajstić information content (AvgIpc) is 3.33. The fourth-order valence-electron chi connectivity index (χ4n) is 3.88. The fraction of sp³-hybridized carbons (Fsp3) is 0.261. The molecule has 0 aliphatic carbocycles. The van der Waals surface area contributed by atoms with Crippen molar-refractivity contribution in [1.29, 1.82) is 0 Å². The van der Waals surface area contributed by atoms with Crippen LogP contribution in [0, 0.1) is 0 Å². The Morgan fingerprint density at radius 2 is 1.87 bits per heavy atom. The summed E-state index contributed by atoms with van der Waals surface area (Å²) in [4.78, 5) is 11.9. The van der Waals surface area contributed by atoms with E-state index >= 15 is 0 Å². The van der Waals surface area contributed by atoms with Gasteiger partial charge in [0.25, 0.3) is 0 Å². The number of hydrogen-bond donors (Lipinski definition) is 2. The lowest BCUT2D eigenvalue weighted by Gasteiger charge is -2.28. The number of nitrogens with two attached hydrogens (primary N) is 1. The molecular formula is C23H24N6O. The molecule has 3 aromatic heterocycles. The molecule has 0 spiro atoms. The molecule has 1 aliphatic rings. The van der Waals surface area contributed by atoms with Gasteiger partial charge in [0.2, 0.25) is 0 Å². The zero-order valence-corrected chi connectivity index (χ0v) is 16.9. The smallest absolute Gasteiger partial charge is 0.130 e. The van der Waals surface area contributed by atoms with Crippen molar-refractivity contribution in [1.82, 2.24) is 20.2 Å². The number of nitrogens with zero attached hydrogens (tertiary/aromatic N) is 4. The molecule has 1 fully saturated rings. The lowest BCUT2D eigenvalue weighted by atomic mass is 9.98. The zero-order valence-electron chi connectivity index (χ0n) is 16.9. The number of ether oxygens (including phenoxy) is 1. The topological polar surface area (TPSA) is 93.0 Å². The van der Waals surface area contributed by atoms with Crippen molar-refractivity contribution in [3.63, 3.8) is 0 Å². The van der Waals surface area contributed by atoms with E-state index in [1.54, 1.807) is 6.20 Å². The van der Waals surface area contributed by atoms with Crippen LogP contribution in [-0.2, 0) is 4.74 Å². The zero-order chi connectivity index (χ0) is 20.5. The molecule has 1 atom stereocenters. The number of morpholine rings is 1. The van der Waals surface area contributed by atoms with Crippen LogP contribution in [0.3, 0.4) is 0 Å². The molecule has 1 saturated heterocycles. The Labute approximate surface area is 174 Å². The first-order valence-corrected chi connectivity index (χ1v) is 10.2. The number of pyridine rings is 2. The third-order valence-electron chi connectivity index (χ3n) is 5.55. The van der Waals surface area contributed by atoms with Crippen LogP contribution in [0.15, 0.2) is 54.9 Å². The van der Waals surface area contributed by atoms with Crippen molar-refractivity contribution in [2.24, 2.45) is 5.73 Å². The maximum Gasteiger partial charge on any atom is 0.130 e. The molecule has 5 rings (SSSR count). The third kappa shape index (κ3) is 3.42. The number of aromatic nitrogens is 4. The van der Waals surface area contributed by atoms with Gasteiger partial charge >= 0.3 is 0 Å². The van der Waals surface area contributed by atoms with Crippen molar-refractivity contribution in [2.75, 3.05) is 31.2 Å². The van der Waals surface area contributed by atoms with Gasteiger partial charge < -0.3 is 15.4 Å². The van der Waals surface area contributed by atoms with E-state index in [0.29, 0.717) is 13.2 Å². The Morgan fingerprint density at radius 1 is 1.07 bits per heavy atom. The minimum absolute atomic E-state index is 0.00771. The second-order valence-electron chi connectivity index (χ2n) is 7.56. The van der Waals surface area contributed by atoms with Crippen LogP contribution in [0.1, 0.15) is 18.5 Å². The van der Waals surface area contributed by atoms with Crippen LogP contribution >= 0.6 is 0 Å². The highest BCUT2D eigenvalue weighted by Gasteiger charge is 2.18. The number of anilines is 1. The molecule has 0 bridgehead atoms. The Kier molecular flexibility index (Phi) is 4.90. The molecule has 152 valence electrons. The van der Waals surface area contributed by atoms with Crippen LogP contribution < -0.4 is 10.6 Å². The van der Waals surface area contributed by atoms with E-state index in [1.165, 1.54) is 0 Å². The van der Waals surface area contributed by atoms with Crippen molar-refractivity contribution >= 4 is 16.7 Å².